The molecule has 154 valence electrons. The average Bonchev–Trinajstić information content (AvgIpc) is 3.14. The summed E-state index contributed by atoms with van der Waals surface area (Å²) in [6.45, 7) is 3.82. The third-order valence-electron chi connectivity index (χ3n) is 4.96. The molecular formula is C25H27N3O2. The Morgan fingerprint density at radius 2 is 1.97 bits per heavy atom. The molecule has 1 atom stereocenters. The summed E-state index contributed by atoms with van der Waals surface area (Å²) in [4.78, 5) is 12.2. The van der Waals surface area contributed by atoms with Crippen LogP contribution in [0.4, 0.5) is 0 Å². The van der Waals surface area contributed by atoms with Crippen molar-refractivity contribution in [1.29, 1.82) is 5.26 Å². The monoisotopic (exact) mass is 401 g/mol. The maximum Gasteiger partial charge on any atom is 0.244 e. The van der Waals surface area contributed by atoms with Crippen LogP contribution in [0.1, 0.15) is 37.0 Å². The number of aromatic nitrogens is 1. The van der Waals surface area contributed by atoms with Gasteiger partial charge in [-0.25, -0.2) is 0 Å². The molecule has 1 aromatic heterocycles. The summed E-state index contributed by atoms with van der Waals surface area (Å²) in [6.07, 6.45) is 6.63. The maximum atomic E-state index is 12.2. The number of nitriles is 1. The van der Waals surface area contributed by atoms with Crippen molar-refractivity contribution in [1.82, 2.24) is 9.88 Å². The molecular weight excluding hydrogens is 374 g/mol. The second-order valence-corrected chi connectivity index (χ2v) is 7.10. The van der Waals surface area contributed by atoms with Crippen LogP contribution in [0.15, 0.2) is 66.9 Å². The first-order valence-corrected chi connectivity index (χ1v) is 10.3. The minimum Gasteiger partial charge on any atom is -0.374 e. The smallest absolute Gasteiger partial charge is 0.244 e. The summed E-state index contributed by atoms with van der Waals surface area (Å²) < 4.78 is 7.88. The van der Waals surface area contributed by atoms with Gasteiger partial charge >= 0.3 is 0 Å². The Kier molecular flexibility index (Phi) is 7.82. The number of fused-ring (bicyclic) bond motifs is 1. The van der Waals surface area contributed by atoms with Crippen LogP contribution in [0.3, 0.4) is 0 Å². The van der Waals surface area contributed by atoms with E-state index in [1.54, 1.807) is 6.08 Å². The van der Waals surface area contributed by atoms with E-state index < -0.39 is 0 Å². The van der Waals surface area contributed by atoms with Gasteiger partial charge in [-0.05, 0) is 31.1 Å². The molecule has 5 heteroatoms. The van der Waals surface area contributed by atoms with Crippen LogP contribution in [-0.2, 0) is 16.1 Å². The van der Waals surface area contributed by atoms with Gasteiger partial charge in [0.1, 0.15) is 0 Å². The number of rotatable bonds is 10. The van der Waals surface area contributed by atoms with Crippen LogP contribution in [-0.4, -0.2) is 23.6 Å². The first-order chi connectivity index (χ1) is 14.7. The molecule has 0 aliphatic rings. The van der Waals surface area contributed by atoms with Crippen molar-refractivity contribution in [2.45, 2.75) is 32.4 Å². The van der Waals surface area contributed by atoms with Gasteiger partial charge in [-0.15, -0.1) is 0 Å². The molecule has 1 heterocycles. The lowest BCUT2D eigenvalue weighted by Gasteiger charge is -2.13. The van der Waals surface area contributed by atoms with Crippen LogP contribution in [0.5, 0.6) is 0 Å². The number of hydrogen-bond donors (Lipinski definition) is 1. The fourth-order valence-electron chi connectivity index (χ4n) is 3.35. The van der Waals surface area contributed by atoms with E-state index in [4.69, 9.17) is 10.00 Å². The van der Waals surface area contributed by atoms with E-state index in [0.717, 1.165) is 28.5 Å². The molecule has 0 saturated heterocycles. The van der Waals surface area contributed by atoms with E-state index in [0.29, 0.717) is 26.1 Å². The van der Waals surface area contributed by atoms with Gasteiger partial charge in [-0.3, -0.25) is 4.79 Å². The molecule has 1 amide bonds. The lowest BCUT2D eigenvalue weighted by molar-refractivity contribution is -0.116. The van der Waals surface area contributed by atoms with Crippen LogP contribution in [0.25, 0.3) is 17.0 Å². The molecule has 5 nitrogen and oxygen atoms in total. The minimum absolute atomic E-state index is 0.0418. The number of amides is 1. The summed E-state index contributed by atoms with van der Waals surface area (Å²) in [7, 11) is 0. The van der Waals surface area contributed by atoms with Crippen molar-refractivity contribution in [2.75, 3.05) is 13.2 Å². The first kappa shape index (κ1) is 21.4. The Morgan fingerprint density at radius 1 is 1.20 bits per heavy atom. The molecule has 1 N–H and O–H groups in total. The van der Waals surface area contributed by atoms with Crippen LogP contribution >= 0.6 is 0 Å². The van der Waals surface area contributed by atoms with E-state index in [2.05, 4.69) is 28.1 Å². The number of aryl methyl sites for hydroxylation is 1. The number of hydrogen-bond acceptors (Lipinski definition) is 3. The summed E-state index contributed by atoms with van der Waals surface area (Å²) >= 11 is 0. The number of benzene rings is 2. The summed E-state index contributed by atoms with van der Waals surface area (Å²) in [5, 5.41) is 12.8. The average molecular weight is 402 g/mol. The number of nitrogens with zero attached hydrogens (tertiary/aromatic N) is 2. The standard InChI is InChI=1S/C25H27N3O2/c1-20(21-9-3-2-4-10-21)30-18-8-16-27-25(29)14-13-22-19-28(17-7-15-26)24-12-6-5-11-23(22)24/h2-6,9-14,19-20H,7-8,16-18H2,1H3,(H,27,29). The number of ether oxygens (including phenoxy) is 1. The van der Waals surface area contributed by atoms with E-state index in [-0.39, 0.29) is 12.0 Å². The predicted molar refractivity (Wildman–Crippen MR) is 120 cm³/mol. The fourth-order valence-corrected chi connectivity index (χ4v) is 3.35. The Bertz CT molecular complexity index is 1030. The number of nitrogens with one attached hydrogen (secondary N) is 1. The molecule has 1 unspecified atom stereocenters. The molecule has 2 aromatic carbocycles. The number of para-hydroxylation sites is 1. The molecule has 30 heavy (non-hydrogen) atoms. The largest absolute Gasteiger partial charge is 0.374 e. The van der Waals surface area contributed by atoms with E-state index in [1.807, 2.05) is 61.7 Å². The molecule has 3 aromatic rings. The predicted octanol–water partition coefficient (Wildman–Crippen LogP) is 4.85. The SMILES string of the molecule is CC(OCCCNC(=O)C=Cc1cn(CCC#N)c2ccccc12)c1ccccc1. The Morgan fingerprint density at radius 3 is 2.77 bits per heavy atom. The van der Waals surface area contributed by atoms with Gasteiger partial charge in [0.05, 0.1) is 18.6 Å². The van der Waals surface area contributed by atoms with E-state index in [1.165, 1.54) is 0 Å². The van der Waals surface area contributed by atoms with Crippen molar-refractivity contribution in [3.05, 3.63) is 78.0 Å². The quantitative estimate of drug-likeness (QED) is 0.390. The fraction of sp³-hybridized carbons (Fsp3) is 0.280. The zero-order valence-electron chi connectivity index (χ0n) is 17.3. The van der Waals surface area contributed by atoms with Gasteiger partial charge < -0.3 is 14.6 Å². The molecule has 0 radical (unpaired) electrons. The molecule has 0 spiro atoms. The molecule has 0 aliphatic heterocycles. The molecule has 3 rings (SSSR count). The zero-order chi connectivity index (χ0) is 21.2. The first-order valence-electron chi connectivity index (χ1n) is 10.3. The van der Waals surface area contributed by atoms with Gasteiger partial charge in [0.25, 0.3) is 0 Å². The van der Waals surface area contributed by atoms with Crippen molar-refractivity contribution in [3.8, 4) is 6.07 Å². The van der Waals surface area contributed by atoms with Crippen LogP contribution in [0, 0.1) is 11.3 Å². The lowest BCUT2D eigenvalue weighted by atomic mass is 10.1. The van der Waals surface area contributed by atoms with E-state index >= 15 is 0 Å². The van der Waals surface area contributed by atoms with Crippen molar-refractivity contribution in [3.63, 3.8) is 0 Å². The highest BCUT2D eigenvalue weighted by molar-refractivity contribution is 5.96. The van der Waals surface area contributed by atoms with E-state index in [9.17, 15) is 4.79 Å². The maximum absolute atomic E-state index is 12.2. The zero-order valence-corrected chi connectivity index (χ0v) is 17.3. The molecule has 0 bridgehead atoms. The van der Waals surface area contributed by atoms with Crippen LogP contribution < -0.4 is 5.32 Å². The highest BCUT2D eigenvalue weighted by Gasteiger charge is 2.07. The molecule has 0 aliphatic carbocycles. The topological polar surface area (TPSA) is 67.0 Å². The highest BCUT2D eigenvalue weighted by atomic mass is 16.5. The second-order valence-electron chi connectivity index (χ2n) is 7.10. The van der Waals surface area contributed by atoms with Gasteiger partial charge in [-0.2, -0.15) is 5.26 Å². The third-order valence-corrected chi connectivity index (χ3v) is 4.96. The lowest BCUT2D eigenvalue weighted by Crippen LogP contribution is -2.23. The van der Waals surface area contributed by atoms with Gasteiger partial charge in [0.15, 0.2) is 0 Å². The highest BCUT2D eigenvalue weighted by Crippen LogP contribution is 2.22. The number of carbonyl (C=O) groups is 1. The van der Waals surface area contributed by atoms with Crippen molar-refractivity contribution < 1.29 is 9.53 Å². The molecule has 0 fully saturated rings. The summed E-state index contributed by atoms with van der Waals surface area (Å²) in [6, 6.07) is 20.3. The summed E-state index contributed by atoms with van der Waals surface area (Å²) in [5.74, 6) is -0.125. The Labute approximate surface area is 177 Å². The summed E-state index contributed by atoms with van der Waals surface area (Å²) in [5.41, 5.74) is 3.19. The second kappa shape index (κ2) is 11.0. The molecule has 0 saturated carbocycles. The van der Waals surface area contributed by atoms with Gasteiger partial charge in [-0.1, -0.05) is 48.5 Å². The van der Waals surface area contributed by atoms with Crippen LogP contribution in [0.2, 0.25) is 0 Å². The Balaban J connectivity index is 1.46. The van der Waals surface area contributed by atoms with Gasteiger partial charge in [0, 0.05) is 48.4 Å². The normalized spacial score (nSPS) is 12.1. The van der Waals surface area contributed by atoms with Crippen molar-refractivity contribution >= 4 is 22.9 Å². The number of carbonyl (C=O) groups excluding carboxylic acids is 1. The minimum atomic E-state index is -0.125. The van der Waals surface area contributed by atoms with Crippen molar-refractivity contribution in [2.24, 2.45) is 0 Å². The Hall–Kier alpha value is -3.36. The van der Waals surface area contributed by atoms with Gasteiger partial charge in [0.2, 0.25) is 5.91 Å². The third kappa shape index (κ3) is 5.82.